The van der Waals surface area contributed by atoms with Gasteiger partial charge in [-0.3, -0.25) is 9.59 Å². The minimum Gasteiger partial charge on any atom is -0.366 e. The third-order valence-corrected chi connectivity index (χ3v) is 4.01. The number of amides is 1. The molecule has 3 rings (SSSR count). The molecule has 1 amide bonds. The molecule has 1 heterocycles. The maximum atomic E-state index is 12.4. The number of hydrogen-bond donors (Lipinski definition) is 1. The molecule has 0 atom stereocenters. The van der Waals surface area contributed by atoms with E-state index < -0.39 is 5.91 Å². The molecule has 0 aliphatic carbocycles. The molecule has 0 saturated carbocycles. The van der Waals surface area contributed by atoms with E-state index in [1.807, 2.05) is 24.3 Å². The maximum Gasteiger partial charge on any atom is 0.249 e. The van der Waals surface area contributed by atoms with Gasteiger partial charge in [-0.1, -0.05) is 18.2 Å². The summed E-state index contributed by atoms with van der Waals surface area (Å²) in [5.41, 5.74) is 5.48. The average Bonchev–Trinajstić information content (AvgIpc) is 2.38. The van der Waals surface area contributed by atoms with Gasteiger partial charge in [0.2, 0.25) is 5.91 Å². The van der Waals surface area contributed by atoms with Gasteiger partial charge in [0.25, 0.3) is 0 Å². The van der Waals surface area contributed by atoms with Crippen molar-refractivity contribution in [1.29, 1.82) is 0 Å². The standard InChI is InChI=1S/C14H9NO2S/c15-14(17)9-5-3-7-11-12(9)13(16)8-4-1-2-6-10(8)18-11/h1-7H,(H2,15,17). The zero-order chi connectivity index (χ0) is 12.7. The van der Waals surface area contributed by atoms with E-state index in [0.29, 0.717) is 16.3 Å². The monoisotopic (exact) mass is 255 g/mol. The normalized spacial score (nSPS) is 10.9. The van der Waals surface area contributed by atoms with Crippen molar-refractivity contribution in [1.82, 2.24) is 0 Å². The quantitative estimate of drug-likeness (QED) is 0.679. The number of carbonyl (C=O) groups excluding carboxylic acids is 1. The van der Waals surface area contributed by atoms with Crippen LogP contribution in [-0.2, 0) is 0 Å². The summed E-state index contributed by atoms with van der Waals surface area (Å²) in [6.07, 6.45) is 0. The molecule has 2 N–H and O–H groups in total. The van der Waals surface area contributed by atoms with Crippen molar-refractivity contribution in [3.05, 3.63) is 58.3 Å². The molecule has 0 saturated heterocycles. The molecule has 4 heteroatoms. The Labute approximate surface area is 106 Å². The van der Waals surface area contributed by atoms with Gasteiger partial charge in [0.1, 0.15) is 0 Å². The highest BCUT2D eigenvalue weighted by atomic mass is 32.1. The third-order valence-electron chi connectivity index (χ3n) is 2.87. The molecule has 0 aliphatic rings. The Morgan fingerprint density at radius 2 is 1.72 bits per heavy atom. The van der Waals surface area contributed by atoms with E-state index in [0.717, 1.165) is 9.40 Å². The topological polar surface area (TPSA) is 60.2 Å². The summed E-state index contributed by atoms with van der Waals surface area (Å²) >= 11 is 1.49. The molecule has 1 aromatic heterocycles. The minimum atomic E-state index is -0.569. The second kappa shape index (κ2) is 3.92. The lowest BCUT2D eigenvalue weighted by Gasteiger charge is -2.03. The predicted molar refractivity (Wildman–Crippen MR) is 74.1 cm³/mol. The van der Waals surface area contributed by atoms with Gasteiger partial charge in [-0.25, -0.2) is 0 Å². The van der Waals surface area contributed by atoms with E-state index in [4.69, 9.17) is 5.73 Å². The lowest BCUT2D eigenvalue weighted by atomic mass is 10.1. The Morgan fingerprint density at radius 1 is 1.00 bits per heavy atom. The fraction of sp³-hybridized carbons (Fsp3) is 0. The summed E-state index contributed by atoms with van der Waals surface area (Å²) in [7, 11) is 0. The number of nitrogens with two attached hydrogens (primary N) is 1. The van der Waals surface area contributed by atoms with Gasteiger partial charge in [-0.15, -0.1) is 11.3 Å². The van der Waals surface area contributed by atoms with Crippen LogP contribution in [0.15, 0.2) is 47.3 Å². The van der Waals surface area contributed by atoms with Crippen LogP contribution in [0.1, 0.15) is 10.4 Å². The second-order valence-electron chi connectivity index (χ2n) is 3.97. The van der Waals surface area contributed by atoms with Crippen molar-refractivity contribution in [2.45, 2.75) is 0 Å². The molecule has 3 aromatic rings. The first-order valence-electron chi connectivity index (χ1n) is 5.43. The van der Waals surface area contributed by atoms with Crippen LogP contribution >= 0.6 is 11.3 Å². The zero-order valence-corrected chi connectivity index (χ0v) is 10.2. The van der Waals surface area contributed by atoms with E-state index in [9.17, 15) is 9.59 Å². The van der Waals surface area contributed by atoms with Crippen LogP contribution in [0.5, 0.6) is 0 Å². The van der Waals surface area contributed by atoms with Crippen LogP contribution in [0.4, 0.5) is 0 Å². The molecule has 88 valence electrons. The number of hydrogen-bond acceptors (Lipinski definition) is 3. The Balaban J connectivity index is 2.61. The molecule has 0 spiro atoms. The van der Waals surface area contributed by atoms with Crippen molar-refractivity contribution in [2.24, 2.45) is 5.73 Å². The molecule has 0 aliphatic heterocycles. The van der Waals surface area contributed by atoms with Gasteiger partial charge in [0.15, 0.2) is 5.43 Å². The number of carbonyl (C=O) groups is 1. The van der Waals surface area contributed by atoms with Crippen molar-refractivity contribution in [3.63, 3.8) is 0 Å². The van der Waals surface area contributed by atoms with Crippen LogP contribution in [0, 0.1) is 0 Å². The minimum absolute atomic E-state index is 0.131. The first kappa shape index (κ1) is 10.9. The number of fused-ring (bicyclic) bond motifs is 2. The molecule has 18 heavy (non-hydrogen) atoms. The fourth-order valence-electron chi connectivity index (χ4n) is 2.05. The molecule has 0 fully saturated rings. The first-order valence-corrected chi connectivity index (χ1v) is 6.24. The Bertz CT molecular complexity index is 836. The number of rotatable bonds is 1. The summed E-state index contributed by atoms with van der Waals surface area (Å²) in [5, 5.41) is 1.05. The van der Waals surface area contributed by atoms with Crippen molar-refractivity contribution in [2.75, 3.05) is 0 Å². The van der Waals surface area contributed by atoms with E-state index >= 15 is 0 Å². The summed E-state index contributed by atoms with van der Waals surface area (Å²) in [6, 6.07) is 12.5. The Hall–Kier alpha value is -2.20. The van der Waals surface area contributed by atoms with Crippen LogP contribution in [0.2, 0.25) is 0 Å². The first-order chi connectivity index (χ1) is 8.68. The fourth-order valence-corrected chi connectivity index (χ4v) is 3.16. The lowest BCUT2D eigenvalue weighted by Crippen LogP contribution is -2.15. The Kier molecular flexibility index (Phi) is 2.38. The van der Waals surface area contributed by atoms with Crippen LogP contribution in [0.3, 0.4) is 0 Å². The second-order valence-corrected chi connectivity index (χ2v) is 5.05. The molecular formula is C14H9NO2S. The van der Waals surface area contributed by atoms with Gasteiger partial charge >= 0.3 is 0 Å². The average molecular weight is 255 g/mol. The molecule has 0 unspecified atom stereocenters. The summed E-state index contributed by atoms with van der Waals surface area (Å²) < 4.78 is 1.70. The number of benzene rings is 2. The largest absolute Gasteiger partial charge is 0.366 e. The highest BCUT2D eigenvalue weighted by Gasteiger charge is 2.12. The highest BCUT2D eigenvalue weighted by Crippen LogP contribution is 2.26. The lowest BCUT2D eigenvalue weighted by molar-refractivity contribution is 0.100. The molecule has 0 bridgehead atoms. The third kappa shape index (κ3) is 1.50. The number of primary amides is 1. The summed E-state index contributed by atoms with van der Waals surface area (Å²) in [6.45, 7) is 0. The highest BCUT2D eigenvalue weighted by molar-refractivity contribution is 7.24. The Morgan fingerprint density at radius 3 is 2.50 bits per heavy atom. The van der Waals surface area contributed by atoms with Crippen molar-refractivity contribution >= 4 is 37.4 Å². The van der Waals surface area contributed by atoms with Gasteiger partial charge in [-0.2, -0.15) is 0 Å². The van der Waals surface area contributed by atoms with Gasteiger partial charge in [0, 0.05) is 14.8 Å². The molecule has 2 aromatic carbocycles. The molecular weight excluding hydrogens is 246 g/mol. The van der Waals surface area contributed by atoms with Crippen molar-refractivity contribution in [3.8, 4) is 0 Å². The van der Waals surface area contributed by atoms with E-state index in [2.05, 4.69) is 0 Å². The maximum absolute atomic E-state index is 12.4. The predicted octanol–water partition coefficient (Wildman–Crippen LogP) is 2.51. The van der Waals surface area contributed by atoms with Gasteiger partial charge < -0.3 is 5.73 Å². The van der Waals surface area contributed by atoms with E-state index in [1.54, 1.807) is 18.2 Å². The molecule has 3 nitrogen and oxygen atoms in total. The van der Waals surface area contributed by atoms with Crippen molar-refractivity contribution < 1.29 is 4.79 Å². The van der Waals surface area contributed by atoms with Gasteiger partial charge in [-0.05, 0) is 24.3 Å². The smallest absolute Gasteiger partial charge is 0.249 e. The van der Waals surface area contributed by atoms with E-state index in [-0.39, 0.29) is 5.43 Å². The van der Waals surface area contributed by atoms with E-state index in [1.165, 1.54) is 11.3 Å². The van der Waals surface area contributed by atoms with Gasteiger partial charge in [0.05, 0.1) is 10.9 Å². The summed E-state index contributed by atoms with van der Waals surface area (Å²) in [5.74, 6) is -0.569. The zero-order valence-electron chi connectivity index (χ0n) is 9.34. The molecule has 0 radical (unpaired) electrons. The SMILES string of the molecule is NC(=O)c1cccc2sc3ccccc3c(=O)c12. The van der Waals surface area contributed by atoms with Crippen LogP contribution < -0.4 is 11.2 Å². The van der Waals surface area contributed by atoms with Crippen LogP contribution in [0.25, 0.3) is 20.2 Å². The van der Waals surface area contributed by atoms with Crippen LogP contribution in [-0.4, -0.2) is 5.91 Å². The summed E-state index contributed by atoms with van der Waals surface area (Å²) in [4.78, 5) is 23.8.